The van der Waals surface area contributed by atoms with Crippen molar-refractivity contribution in [2.24, 2.45) is 5.92 Å². The van der Waals surface area contributed by atoms with Crippen molar-refractivity contribution in [1.29, 1.82) is 0 Å². The molecule has 2 heterocycles. The summed E-state index contributed by atoms with van der Waals surface area (Å²) in [5.74, 6) is -0.0317. The van der Waals surface area contributed by atoms with Gasteiger partial charge in [-0.25, -0.2) is 0 Å². The number of carbonyl (C=O) groups excluding carboxylic acids is 2. The molecule has 0 unspecified atom stereocenters. The molecule has 6 heteroatoms. The number of hydrogen-bond donors (Lipinski definition) is 0. The molecule has 23 heavy (non-hydrogen) atoms. The maximum Gasteiger partial charge on any atom is 0.306 e. The SMILES string of the molecule is O=C1C[C@@H](CC(=O)N2CCCN(c3ccccc3Cl)CC2)CO1. The van der Waals surface area contributed by atoms with Gasteiger partial charge in [-0.1, -0.05) is 23.7 Å². The molecule has 1 atom stereocenters. The second-order valence-corrected chi connectivity index (χ2v) is 6.54. The first-order valence-electron chi connectivity index (χ1n) is 8.06. The lowest BCUT2D eigenvalue weighted by atomic mass is 10.0. The molecule has 0 spiro atoms. The molecule has 0 aliphatic carbocycles. The van der Waals surface area contributed by atoms with Crippen LogP contribution < -0.4 is 4.90 Å². The molecule has 124 valence electrons. The summed E-state index contributed by atoms with van der Waals surface area (Å²) < 4.78 is 4.93. The van der Waals surface area contributed by atoms with Gasteiger partial charge in [0.25, 0.3) is 0 Å². The van der Waals surface area contributed by atoms with Crippen LogP contribution >= 0.6 is 11.6 Å². The minimum Gasteiger partial charge on any atom is -0.465 e. The second-order valence-electron chi connectivity index (χ2n) is 6.13. The minimum absolute atomic E-state index is 0.0397. The number of benzene rings is 1. The Morgan fingerprint density at radius 1 is 1.22 bits per heavy atom. The van der Waals surface area contributed by atoms with Gasteiger partial charge in [-0.3, -0.25) is 9.59 Å². The van der Waals surface area contributed by atoms with Crippen molar-refractivity contribution in [1.82, 2.24) is 4.90 Å². The number of anilines is 1. The van der Waals surface area contributed by atoms with Crippen molar-refractivity contribution >= 4 is 29.2 Å². The zero-order valence-corrected chi connectivity index (χ0v) is 13.8. The van der Waals surface area contributed by atoms with Crippen LogP contribution in [0.3, 0.4) is 0 Å². The Balaban J connectivity index is 1.57. The largest absolute Gasteiger partial charge is 0.465 e. The van der Waals surface area contributed by atoms with E-state index in [-0.39, 0.29) is 17.8 Å². The van der Waals surface area contributed by atoms with Crippen LogP contribution in [-0.2, 0) is 14.3 Å². The molecule has 1 amide bonds. The molecule has 3 rings (SSSR count). The van der Waals surface area contributed by atoms with Crippen LogP contribution in [0, 0.1) is 5.92 Å². The fourth-order valence-corrected chi connectivity index (χ4v) is 3.44. The molecule has 0 aromatic heterocycles. The molecule has 2 saturated heterocycles. The topological polar surface area (TPSA) is 49.9 Å². The first-order chi connectivity index (χ1) is 11.1. The molecule has 5 nitrogen and oxygen atoms in total. The van der Waals surface area contributed by atoms with Gasteiger partial charge in [0.05, 0.1) is 23.7 Å². The van der Waals surface area contributed by atoms with E-state index in [0.29, 0.717) is 26.0 Å². The second kappa shape index (κ2) is 7.21. The quantitative estimate of drug-likeness (QED) is 0.795. The number of cyclic esters (lactones) is 1. The third-order valence-electron chi connectivity index (χ3n) is 4.44. The summed E-state index contributed by atoms with van der Waals surface area (Å²) >= 11 is 6.27. The van der Waals surface area contributed by atoms with E-state index in [0.717, 1.165) is 36.8 Å². The average molecular weight is 337 g/mol. The Morgan fingerprint density at radius 2 is 2.04 bits per heavy atom. The van der Waals surface area contributed by atoms with Crippen LogP contribution in [0.2, 0.25) is 5.02 Å². The van der Waals surface area contributed by atoms with E-state index < -0.39 is 0 Å². The first-order valence-corrected chi connectivity index (χ1v) is 8.44. The maximum atomic E-state index is 12.4. The fraction of sp³-hybridized carbons (Fsp3) is 0.529. The average Bonchev–Trinajstić information content (AvgIpc) is 2.80. The Labute approximate surface area is 141 Å². The number of nitrogens with zero attached hydrogens (tertiary/aromatic N) is 2. The van der Waals surface area contributed by atoms with E-state index in [9.17, 15) is 9.59 Å². The molecular weight excluding hydrogens is 316 g/mol. The van der Waals surface area contributed by atoms with Gasteiger partial charge < -0.3 is 14.5 Å². The van der Waals surface area contributed by atoms with Crippen LogP contribution in [0.4, 0.5) is 5.69 Å². The number of rotatable bonds is 3. The van der Waals surface area contributed by atoms with Crippen LogP contribution in [0.1, 0.15) is 19.3 Å². The van der Waals surface area contributed by atoms with E-state index in [1.54, 1.807) is 0 Å². The molecule has 0 N–H and O–H groups in total. The number of carbonyl (C=O) groups is 2. The number of ether oxygens (including phenoxy) is 1. The summed E-state index contributed by atoms with van der Waals surface area (Å²) in [7, 11) is 0. The van der Waals surface area contributed by atoms with E-state index in [1.165, 1.54) is 0 Å². The summed E-state index contributed by atoms with van der Waals surface area (Å²) in [4.78, 5) is 27.7. The highest BCUT2D eigenvalue weighted by Crippen LogP contribution is 2.26. The summed E-state index contributed by atoms with van der Waals surface area (Å²) in [6.07, 6.45) is 1.68. The van der Waals surface area contributed by atoms with Crippen LogP contribution in [0.25, 0.3) is 0 Å². The Bertz CT molecular complexity index is 593. The van der Waals surface area contributed by atoms with Crippen LogP contribution in [0.5, 0.6) is 0 Å². The molecule has 0 radical (unpaired) electrons. The van der Waals surface area contributed by atoms with Crippen molar-refractivity contribution < 1.29 is 14.3 Å². The predicted octanol–water partition coefficient (Wildman–Crippen LogP) is 2.33. The van der Waals surface area contributed by atoms with Gasteiger partial charge in [-0.2, -0.15) is 0 Å². The molecule has 1 aromatic carbocycles. The lowest BCUT2D eigenvalue weighted by Crippen LogP contribution is -2.36. The van der Waals surface area contributed by atoms with Crippen LogP contribution in [-0.4, -0.2) is 49.6 Å². The first kappa shape index (κ1) is 16.1. The highest BCUT2D eigenvalue weighted by molar-refractivity contribution is 6.33. The summed E-state index contributed by atoms with van der Waals surface area (Å²) in [6.45, 7) is 3.48. The Kier molecular flexibility index (Phi) is 5.06. The van der Waals surface area contributed by atoms with Gasteiger partial charge in [-0.05, 0) is 18.6 Å². The molecule has 2 fully saturated rings. The standard InChI is InChI=1S/C17H21ClN2O3/c18-14-4-1-2-5-15(14)19-6-3-7-20(9-8-19)16(21)10-13-11-17(22)23-12-13/h1-2,4-5,13H,3,6-12H2/t13-/m1/s1. The van der Waals surface area contributed by atoms with Gasteiger partial charge in [0.15, 0.2) is 0 Å². The molecule has 1 aromatic rings. The van der Waals surface area contributed by atoms with Crippen molar-refractivity contribution in [3.8, 4) is 0 Å². The minimum atomic E-state index is -0.191. The normalized spacial score (nSPS) is 22.0. The molecule has 2 aliphatic heterocycles. The summed E-state index contributed by atoms with van der Waals surface area (Å²) in [6, 6.07) is 7.81. The summed E-state index contributed by atoms with van der Waals surface area (Å²) in [5, 5.41) is 0.744. The number of esters is 1. The third kappa shape index (κ3) is 3.96. The lowest BCUT2D eigenvalue weighted by molar-refractivity contribution is -0.138. The number of halogens is 1. The Morgan fingerprint density at radius 3 is 2.78 bits per heavy atom. The molecule has 2 aliphatic rings. The predicted molar refractivity (Wildman–Crippen MR) is 88.5 cm³/mol. The van der Waals surface area contributed by atoms with E-state index in [2.05, 4.69) is 4.90 Å². The third-order valence-corrected chi connectivity index (χ3v) is 4.76. The van der Waals surface area contributed by atoms with E-state index in [1.807, 2.05) is 29.2 Å². The van der Waals surface area contributed by atoms with Gasteiger partial charge in [0.2, 0.25) is 5.91 Å². The lowest BCUT2D eigenvalue weighted by Gasteiger charge is -2.25. The van der Waals surface area contributed by atoms with Crippen molar-refractivity contribution in [3.63, 3.8) is 0 Å². The number of para-hydroxylation sites is 1. The van der Waals surface area contributed by atoms with Gasteiger partial charge in [0, 0.05) is 38.5 Å². The zero-order chi connectivity index (χ0) is 16.2. The van der Waals surface area contributed by atoms with Gasteiger partial charge in [-0.15, -0.1) is 0 Å². The van der Waals surface area contributed by atoms with E-state index in [4.69, 9.17) is 16.3 Å². The van der Waals surface area contributed by atoms with Gasteiger partial charge >= 0.3 is 5.97 Å². The highest BCUT2D eigenvalue weighted by Gasteiger charge is 2.28. The number of hydrogen-bond acceptors (Lipinski definition) is 4. The fourth-order valence-electron chi connectivity index (χ4n) is 3.19. The van der Waals surface area contributed by atoms with E-state index >= 15 is 0 Å². The van der Waals surface area contributed by atoms with Crippen molar-refractivity contribution in [2.75, 3.05) is 37.7 Å². The molecule has 0 saturated carbocycles. The maximum absolute atomic E-state index is 12.4. The molecule has 0 bridgehead atoms. The smallest absolute Gasteiger partial charge is 0.306 e. The Hall–Kier alpha value is -1.75. The zero-order valence-electron chi connectivity index (χ0n) is 13.0. The van der Waals surface area contributed by atoms with Crippen molar-refractivity contribution in [3.05, 3.63) is 29.3 Å². The monoisotopic (exact) mass is 336 g/mol. The van der Waals surface area contributed by atoms with Gasteiger partial charge in [0.1, 0.15) is 0 Å². The highest BCUT2D eigenvalue weighted by atomic mass is 35.5. The van der Waals surface area contributed by atoms with Crippen molar-refractivity contribution in [2.45, 2.75) is 19.3 Å². The molecular formula is C17H21ClN2O3. The summed E-state index contributed by atoms with van der Waals surface area (Å²) in [5.41, 5.74) is 1.03. The number of amides is 1. The van der Waals surface area contributed by atoms with Crippen LogP contribution in [0.15, 0.2) is 24.3 Å².